The number of sulfone groups is 1. The van der Waals surface area contributed by atoms with Crippen LogP contribution in [0.15, 0.2) is 0 Å². The van der Waals surface area contributed by atoms with Crippen LogP contribution in [0.2, 0.25) is 0 Å². The lowest BCUT2D eigenvalue weighted by Crippen LogP contribution is -2.37. The van der Waals surface area contributed by atoms with E-state index < -0.39 is 9.84 Å². The molecule has 5 nitrogen and oxygen atoms in total. The largest absolute Gasteiger partial charge is 0.368 e. The zero-order valence-electron chi connectivity index (χ0n) is 9.15. The Labute approximate surface area is 95.5 Å². The number of hydrogen-bond donors (Lipinski definition) is 1. The van der Waals surface area contributed by atoms with Crippen LogP contribution in [0.5, 0.6) is 0 Å². The average Bonchev–Trinajstić information content (AvgIpc) is 2.83. The summed E-state index contributed by atoms with van der Waals surface area (Å²) in [5.41, 5.74) is 0. The van der Waals surface area contributed by atoms with E-state index in [9.17, 15) is 13.2 Å². The van der Waals surface area contributed by atoms with Crippen LogP contribution in [-0.2, 0) is 19.4 Å². The van der Waals surface area contributed by atoms with Crippen molar-refractivity contribution in [1.29, 1.82) is 0 Å². The number of carbonyl (C=O) groups excluding carboxylic acids is 1. The van der Waals surface area contributed by atoms with Gasteiger partial charge in [0, 0.05) is 13.2 Å². The first-order valence-electron chi connectivity index (χ1n) is 5.66. The highest BCUT2D eigenvalue weighted by Crippen LogP contribution is 2.18. The zero-order chi connectivity index (χ0) is 11.6. The molecule has 0 spiro atoms. The van der Waals surface area contributed by atoms with Gasteiger partial charge in [-0.15, -0.1) is 0 Å². The van der Waals surface area contributed by atoms with E-state index in [2.05, 4.69) is 5.32 Å². The first-order valence-corrected chi connectivity index (χ1v) is 7.49. The van der Waals surface area contributed by atoms with Gasteiger partial charge in [0.1, 0.15) is 6.10 Å². The third kappa shape index (κ3) is 2.95. The number of nitrogens with one attached hydrogen (secondary N) is 1. The predicted octanol–water partition coefficient (Wildman–Crippen LogP) is -0.284. The lowest BCUT2D eigenvalue weighted by molar-refractivity contribution is -0.130. The SMILES string of the molecule is O=C(NC[C@H]1CCS(=O)(=O)C1)[C@@H]1CCCO1. The molecule has 2 aliphatic heterocycles. The number of hydrogen-bond acceptors (Lipinski definition) is 4. The van der Waals surface area contributed by atoms with Gasteiger partial charge in [0.25, 0.3) is 0 Å². The lowest BCUT2D eigenvalue weighted by atomic mass is 10.1. The summed E-state index contributed by atoms with van der Waals surface area (Å²) < 4.78 is 27.6. The van der Waals surface area contributed by atoms with Crippen molar-refractivity contribution in [3.63, 3.8) is 0 Å². The van der Waals surface area contributed by atoms with E-state index in [1.165, 1.54) is 0 Å². The van der Waals surface area contributed by atoms with E-state index in [0.29, 0.717) is 19.6 Å². The Kier molecular flexibility index (Phi) is 3.49. The van der Waals surface area contributed by atoms with Gasteiger partial charge in [-0.25, -0.2) is 8.42 Å². The Morgan fingerprint density at radius 3 is 2.75 bits per heavy atom. The van der Waals surface area contributed by atoms with E-state index in [1.807, 2.05) is 0 Å². The second-order valence-corrected chi connectivity index (χ2v) is 6.74. The minimum Gasteiger partial charge on any atom is -0.368 e. The molecular formula is C10H17NO4S. The highest BCUT2D eigenvalue weighted by Gasteiger charge is 2.29. The Balaban J connectivity index is 1.73. The number of amides is 1. The van der Waals surface area contributed by atoms with E-state index in [0.717, 1.165) is 12.8 Å². The summed E-state index contributed by atoms with van der Waals surface area (Å²) in [6.07, 6.45) is 2.04. The van der Waals surface area contributed by atoms with E-state index in [4.69, 9.17) is 4.74 Å². The molecular weight excluding hydrogens is 230 g/mol. The third-order valence-corrected chi connectivity index (χ3v) is 4.95. The third-order valence-electron chi connectivity index (χ3n) is 3.11. The van der Waals surface area contributed by atoms with Gasteiger partial charge in [-0.05, 0) is 25.2 Å². The van der Waals surface area contributed by atoms with Crippen LogP contribution >= 0.6 is 0 Å². The number of carbonyl (C=O) groups is 1. The summed E-state index contributed by atoms with van der Waals surface area (Å²) in [5.74, 6) is 0.448. The van der Waals surface area contributed by atoms with Gasteiger partial charge in [0.05, 0.1) is 11.5 Å². The number of rotatable bonds is 3. The van der Waals surface area contributed by atoms with Gasteiger partial charge < -0.3 is 10.1 Å². The molecule has 2 heterocycles. The molecule has 92 valence electrons. The minimum atomic E-state index is -2.84. The molecule has 0 unspecified atom stereocenters. The average molecular weight is 247 g/mol. The monoisotopic (exact) mass is 247 g/mol. The second-order valence-electron chi connectivity index (χ2n) is 4.52. The fourth-order valence-corrected chi connectivity index (χ4v) is 4.04. The van der Waals surface area contributed by atoms with Gasteiger partial charge in [-0.1, -0.05) is 0 Å². The predicted molar refractivity (Wildman–Crippen MR) is 58.7 cm³/mol. The Bertz CT molecular complexity index is 359. The number of ether oxygens (including phenoxy) is 1. The standard InChI is InChI=1S/C10H17NO4S/c12-10(9-2-1-4-15-9)11-6-8-3-5-16(13,14)7-8/h8-9H,1-7H2,(H,11,12)/t8-,9+/m1/s1. The summed E-state index contributed by atoms with van der Waals surface area (Å²) in [4.78, 5) is 11.6. The van der Waals surface area contributed by atoms with Crippen LogP contribution in [0.3, 0.4) is 0 Å². The lowest BCUT2D eigenvalue weighted by Gasteiger charge is -2.12. The van der Waals surface area contributed by atoms with E-state index in [-0.39, 0.29) is 29.4 Å². The van der Waals surface area contributed by atoms with Crippen molar-refractivity contribution in [3.05, 3.63) is 0 Å². The van der Waals surface area contributed by atoms with Crippen molar-refractivity contribution in [2.75, 3.05) is 24.7 Å². The van der Waals surface area contributed by atoms with Gasteiger partial charge >= 0.3 is 0 Å². The van der Waals surface area contributed by atoms with Gasteiger partial charge in [0.15, 0.2) is 9.84 Å². The van der Waals surface area contributed by atoms with Crippen LogP contribution in [0.1, 0.15) is 19.3 Å². The summed E-state index contributed by atoms with van der Waals surface area (Å²) >= 11 is 0. The van der Waals surface area contributed by atoms with Crippen molar-refractivity contribution >= 4 is 15.7 Å². The highest BCUT2D eigenvalue weighted by molar-refractivity contribution is 7.91. The molecule has 0 radical (unpaired) electrons. The summed E-state index contributed by atoms with van der Waals surface area (Å²) in [7, 11) is -2.84. The van der Waals surface area contributed by atoms with Crippen LogP contribution in [0, 0.1) is 5.92 Å². The van der Waals surface area contributed by atoms with Crippen LogP contribution in [0.4, 0.5) is 0 Å². The topological polar surface area (TPSA) is 72.5 Å². The molecule has 2 atom stereocenters. The molecule has 2 rings (SSSR count). The second kappa shape index (κ2) is 4.71. The summed E-state index contributed by atoms with van der Waals surface area (Å²) in [6, 6.07) is 0. The van der Waals surface area contributed by atoms with Gasteiger partial charge in [-0.3, -0.25) is 4.79 Å². The molecule has 16 heavy (non-hydrogen) atoms. The maximum atomic E-state index is 11.6. The summed E-state index contributed by atoms with van der Waals surface area (Å²) in [5, 5.41) is 2.78. The van der Waals surface area contributed by atoms with Crippen LogP contribution < -0.4 is 5.32 Å². The van der Waals surface area contributed by atoms with E-state index in [1.54, 1.807) is 0 Å². The smallest absolute Gasteiger partial charge is 0.249 e. The van der Waals surface area contributed by atoms with Crippen molar-refractivity contribution in [1.82, 2.24) is 5.32 Å². The highest BCUT2D eigenvalue weighted by atomic mass is 32.2. The fraction of sp³-hybridized carbons (Fsp3) is 0.900. The molecule has 2 saturated heterocycles. The first-order chi connectivity index (χ1) is 7.57. The van der Waals surface area contributed by atoms with Crippen molar-refractivity contribution in [2.24, 2.45) is 5.92 Å². The van der Waals surface area contributed by atoms with Crippen LogP contribution in [0.25, 0.3) is 0 Å². The van der Waals surface area contributed by atoms with Crippen molar-refractivity contribution in [3.8, 4) is 0 Å². The maximum absolute atomic E-state index is 11.6. The first kappa shape index (κ1) is 11.9. The van der Waals surface area contributed by atoms with Gasteiger partial charge in [0.2, 0.25) is 5.91 Å². The Morgan fingerprint density at radius 2 is 2.19 bits per heavy atom. The molecule has 0 saturated carbocycles. The Hall–Kier alpha value is -0.620. The maximum Gasteiger partial charge on any atom is 0.249 e. The molecule has 6 heteroatoms. The molecule has 0 aromatic rings. The Morgan fingerprint density at radius 1 is 1.38 bits per heavy atom. The van der Waals surface area contributed by atoms with Crippen LogP contribution in [-0.4, -0.2) is 45.1 Å². The molecule has 0 bridgehead atoms. The molecule has 0 aromatic carbocycles. The minimum absolute atomic E-state index is 0.0790. The molecule has 2 fully saturated rings. The van der Waals surface area contributed by atoms with E-state index >= 15 is 0 Å². The zero-order valence-corrected chi connectivity index (χ0v) is 9.96. The molecule has 1 amide bonds. The van der Waals surface area contributed by atoms with Crippen molar-refractivity contribution in [2.45, 2.75) is 25.4 Å². The quantitative estimate of drug-likeness (QED) is 0.744. The molecule has 0 aromatic heterocycles. The van der Waals surface area contributed by atoms with Crippen molar-refractivity contribution < 1.29 is 17.9 Å². The molecule has 2 aliphatic rings. The van der Waals surface area contributed by atoms with Gasteiger partial charge in [-0.2, -0.15) is 0 Å². The fourth-order valence-electron chi connectivity index (χ4n) is 2.18. The summed E-state index contributed by atoms with van der Waals surface area (Å²) in [6.45, 7) is 1.10. The molecule has 0 aliphatic carbocycles. The normalized spacial score (nSPS) is 32.8. The molecule has 1 N–H and O–H groups in total.